The van der Waals surface area contributed by atoms with E-state index in [0.717, 1.165) is 19.6 Å². The van der Waals surface area contributed by atoms with Crippen molar-refractivity contribution >= 4 is 10.9 Å². The second-order valence-electron chi connectivity index (χ2n) is 4.84. The molecule has 2 aromatic rings. The molecule has 1 aliphatic heterocycles. The highest BCUT2D eigenvalue weighted by molar-refractivity contribution is 5.88. The van der Waals surface area contributed by atoms with Gasteiger partial charge in [-0.25, -0.2) is 0 Å². The van der Waals surface area contributed by atoms with Crippen molar-refractivity contribution < 1.29 is 0 Å². The van der Waals surface area contributed by atoms with E-state index in [1.54, 1.807) is 0 Å². The van der Waals surface area contributed by atoms with Crippen molar-refractivity contribution in [3.63, 3.8) is 0 Å². The molecule has 0 amide bonds. The molecule has 0 bridgehead atoms. The van der Waals surface area contributed by atoms with E-state index in [-0.39, 0.29) is 0 Å². The Kier molecular flexibility index (Phi) is 1.70. The average molecular weight is 213 g/mol. The fourth-order valence-electron chi connectivity index (χ4n) is 3.25. The Bertz CT molecular complexity index is 543. The molecule has 2 aliphatic rings. The van der Waals surface area contributed by atoms with E-state index in [1.807, 2.05) is 0 Å². The second kappa shape index (κ2) is 3.09. The Morgan fingerprint density at radius 2 is 2.25 bits per heavy atom. The minimum absolute atomic E-state index is 0.607. The number of aromatic amines is 1. The zero-order chi connectivity index (χ0) is 10.5. The van der Waals surface area contributed by atoms with Crippen molar-refractivity contribution in [2.45, 2.75) is 18.4 Å². The highest BCUT2D eigenvalue weighted by Crippen LogP contribution is 2.37. The highest BCUT2D eigenvalue weighted by atomic mass is 15.1. The molecule has 1 aliphatic carbocycles. The Morgan fingerprint density at radius 1 is 1.25 bits per heavy atom. The standard InChI is InChI=1S/C13H15N3/c1-2-9-10-6-14-7-16-12(10)4-8-5-15-11(3-1)13(8)9/h1-3,5,10,12,14-16H,4,6-7H2/t10-,12-/m1/s1. The van der Waals surface area contributed by atoms with Gasteiger partial charge in [-0.15, -0.1) is 0 Å². The van der Waals surface area contributed by atoms with Gasteiger partial charge in [0.1, 0.15) is 0 Å². The van der Waals surface area contributed by atoms with Crippen molar-refractivity contribution in [1.82, 2.24) is 15.6 Å². The largest absolute Gasteiger partial charge is 0.361 e. The van der Waals surface area contributed by atoms with Crippen LogP contribution in [0, 0.1) is 0 Å². The minimum atomic E-state index is 0.607. The van der Waals surface area contributed by atoms with Gasteiger partial charge < -0.3 is 15.6 Å². The summed E-state index contributed by atoms with van der Waals surface area (Å²) in [7, 11) is 0. The maximum absolute atomic E-state index is 3.57. The molecule has 0 unspecified atom stereocenters. The zero-order valence-electron chi connectivity index (χ0n) is 9.09. The average Bonchev–Trinajstić information content (AvgIpc) is 2.75. The van der Waals surface area contributed by atoms with Crippen LogP contribution in [0.15, 0.2) is 24.4 Å². The van der Waals surface area contributed by atoms with Gasteiger partial charge in [0.25, 0.3) is 0 Å². The highest BCUT2D eigenvalue weighted by Gasteiger charge is 2.32. The summed E-state index contributed by atoms with van der Waals surface area (Å²) in [4.78, 5) is 3.38. The number of rotatable bonds is 0. The number of nitrogens with one attached hydrogen (secondary N) is 3. The molecule has 1 aromatic heterocycles. The van der Waals surface area contributed by atoms with Gasteiger partial charge in [0.05, 0.1) is 0 Å². The summed E-state index contributed by atoms with van der Waals surface area (Å²) < 4.78 is 0. The van der Waals surface area contributed by atoms with E-state index in [0.29, 0.717) is 12.0 Å². The maximum Gasteiger partial charge on any atom is 0.0459 e. The third-order valence-electron chi connectivity index (χ3n) is 4.00. The lowest BCUT2D eigenvalue weighted by Gasteiger charge is -2.37. The summed E-state index contributed by atoms with van der Waals surface area (Å²) in [5, 5.41) is 8.47. The lowest BCUT2D eigenvalue weighted by molar-refractivity contribution is 0.338. The Labute approximate surface area is 94.2 Å². The van der Waals surface area contributed by atoms with Gasteiger partial charge in [-0.3, -0.25) is 0 Å². The van der Waals surface area contributed by atoms with Gasteiger partial charge in [0, 0.05) is 42.3 Å². The molecule has 4 rings (SSSR count). The third-order valence-corrected chi connectivity index (χ3v) is 4.00. The molecule has 0 spiro atoms. The maximum atomic E-state index is 3.57. The van der Waals surface area contributed by atoms with Crippen LogP contribution in [-0.2, 0) is 6.42 Å². The second-order valence-corrected chi connectivity index (χ2v) is 4.84. The fraction of sp³-hybridized carbons (Fsp3) is 0.385. The first-order chi connectivity index (χ1) is 7.93. The van der Waals surface area contributed by atoms with Crippen molar-refractivity contribution in [3.05, 3.63) is 35.5 Å². The van der Waals surface area contributed by atoms with E-state index in [9.17, 15) is 0 Å². The van der Waals surface area contributed by atoms with E-state index in [1.165, 1.54) is 22.0 Å². The Hall–Kier alpha value is -1.32. The van der Waals surface area contributed by atoms with Gasteiger partial charge in [-0.05, 0) is 23.6 Å². The summed E-state index contributed by atoms with van der Waals surface area (Å²) in [6.45, 7) is 2.04. The van der Waals surface area contributed by atoms with E-state index in [2.05, 4.69) is 40.0 Å². The van der Waals surface area contributed by atoms with E-state index >= 15 is 0 Å². The Morgan fingerprint density at radius 3 is 3.25 bits per heavy atom. The van der Waals surface area contributed by atoms with Crippen LogP contribution in [0.25, 0.3) is 10.9 Å². The Balaban J connectivity index is 1.98. The minimum Gasteiger partial charge on any atom is -0.361 e. The monoisotopic (exact) mass is 213 g/mol. The van der Waals surface area contributed by atoms with Crippen LogP contribution in [0.2, 0.25) is 0 Å². The number of aromatic nitrogens is 1. The van der Waals surface area contributed by atoms with Crippen LogP contribution in [0.4, 0.5) is 0 Å². The zero-order valence-corrected chi connectivity index (χ0v) is 9.09. The van der Waals surface area contributed by atoms with Gasteiger partial charge in [-0.2, -0.15) is 0 Å². The van der Waals surface area contributed by atoms with Gasteiger partial charge in [0.15, 0.2) is 0 Å². The molecule has 3 N–H and O–H groups in total. The van der Waals surface area contributed by atoms with Gasteiger partial charge >= 0.3 is 0 Å². The van der Waals surface area contributed by atoms with Crippen LogP contribution >= 0.6 is 0 Å². The summed E-state index contributed by atoms with van der Waals surface area (Å²) >= 11 is 0. The lowest BCUT2D eigenvalue weighted by atomic mass is 9.79. The van der Waals surface area contributed by atoms with Crippen LogP contribution in [0.1, 0.15) is 17.0 Å². The SMILES string of the molecule is c1cc2c3c(c[nH]c3c1)C[C@H]1NCNC[C@H]21. The molecule has 2 atom stereocenters. The van der Waals surface area contributed by atoms with E-state index < -0.39 is 0 Å². The summed E-state index contributed by atoms with van der Waals surface area (Å²) in [6, 6.07) is 7.22. The molecule has 1 aromatic carbocycles. The predicted molar refractivity (Wildman–Crippen MR) is 64.5 cm³/mol. The molecule has 1 saturated heterocycles. The first-order valence-corrected chi connectivity index (χ1v) is 5.96. The molecule has 1 fully saturated rings. The fourth-order valence-corrected chi connectivity index (χ4v) is 3.25. The van der Waals surface area contributed by atoms with Crippen LogP contribution in [-0.4, -0.2) is 24.2 Å². The smallest absolute Gasteiger partial charge is 0.0459 e. The number of hydrogen-bond acceptors (Lipinski definition) is 2. The summed E-state index contributed by atoms with van der Waals surface area (Å²) in [5.41, 5.74) is 4.27. The topological polar surface area (TPSA) is 39.9 Å². The van der Waals surface area contributed by atoms with Crippen molar-refractivity contribution in [1.29, 1.82) is 0 Å². The molecule has 2 heterocycles. The number of fused-ring (bicyclic) bond motifs is 2. The number of benzene rings is 1. The molecule has 3 heteroatoms. The molecule has 0 saturated carbocycles. The van der Waals surface area contributed by atoms with Crippen LogP contribution in [0.3, 0.4) is 0 Å². The molecule has 82 valence electrons. The summed E-state index contributed by atoms with van der Waals surface area (Å²) in [6.07, 6.45) is 3.33. The van der Waals surface area contributed by atoms with E-state index in [4.69, 9.17) is 0 Å². The molecule has 16 heavy (non-hydrogen) atoms. The molecule has 3 nitrogen and oxygen atoms in total. The van der Waals surface area contributed by atoms with Gasteiger partial charge in [-0.1, -0.05) is 12.1 Å². The third kappa shape index (κ3) is 1.05. The van der Waals surface area contributed by atoms with Crippen molar-refractivity contribution in [2.75, 3.05) is 13.2 Å². The number of hydrogen-bond donors (Lipinski definition) is 3. The van der Waals surface area contributed by atoms with Crippen molar-refractivity contribution in [3.8, 4) is 0 Å². The first kappa shape index (κ1) is 8.79. The normalized spacial score (nSPS) is 28.0. The predicted octanol–water partition coefficient (Wildman–Crippen LogP) is 1.33. The molecular formula is C13H15N3. The molecular weight excluding hydrogens is 198 g/mol. The molecule has 0 radical (unpaired) electrons. The number of H-pyrrole nitrogens is 1. The van der Waals surface area contributed by atoms with Crippen LogP contribution in [0.5, 0.6) is 0 Å². The summed E-state index contributed by atoms with van der Waals surface area (Å²) in [5.74, 6) is 0.626. The van der Waals surface area contributed by atoms with Gasteiger partial charge in [0.2, 0.25) is 0 Å². The van der Waals surface area contributed by atoms with Crippen LogP contribution < -0.4 is 10.6 Å². The quantitative estimate of drug-likeness (QED) is 0.618. The van der Waals surface area contributed by atoms with Crippen molar-refractivity contribution in [2.24, 2.45) is 0 Å². The lowest BCUT2D eigenvalue weighted by Crippen LogP contribution is -2.52. The first-order valence-electron chi connectivity index (χ1n) is 5.96.